The van der Waals surface area contributed by atoms with Crippen molar-refractivity contribution in [2.75, 3.05) is 23.7 Å². The lowest BCUT2D eigenvalue weighted by molar-refractivity contribution is -0.141. The van der Waals surface area contributed by atoms with Crippen LogP contribution in [0.1, 0.15) is 63.1 Å². The van der Waals surface area contributed by atoms with Crippen molar-refractivity contribution in [2.24, 2.45) is 0 Å². The van der Waals surface area contributed by atoms with Crippen molar-refractivity contribution < 1.29 is 18.0 Å². The minimum atomic E-state index is -3.52. The molecule has 1 N–H and O–H groups in total. The van der Waals surface area contributed by atoms with Gasteiger partial charge in [0.25, 0.3) is 0 Å². The van der Waals surface area contributed by atoms with Gasteiger partial charge in [-0.1, -0.05) is 50.2 Å². The fourth-order valence-electron chi connectivity index (χ4n) is 4.44. The van der Waals surface area contributed by atoms with Crippen molar-refractivity contribution in [1.29, 1.82) is 0 Å². The second kappa shape index (κ2) is 14.2. The molecule has 0 saturated carbocycles. The fourth-order valence-corrected chi connectivity index (χ4v) is 5.38. The van der Waals surface area contributed by atoms with E-state index in [1.165, 1.54) is 10.6 Å². The summed E-state index contributed by atoms with van der Waals surface area (Å²) in [6, 6.07) is 15.0. The Balaban J connectivity index is 2.19. The number of amides is 2. The summed E-state index contributed by atoms with van der Waals surface area (Å²) in [6.07, 6.45) is 3.63. The van der Waals surface area contributed by atoms with E-state index in [0.717, 1.165) is 23.1 Å². The summed E-state index contributed by atoms with van der Waals surface area (Å²) in [5.74, 6) is -0.290. The Bertz CT molecular complexity index is 1110. The van der Waals surface area contributed by atoms with E-state index in [1.54, 1.807) is 4.90 Å². The SMILES string of the molecule is CCC(C)NC(=O)C(CC)N(CCc1ccccc1)C(=O)CCCN(c1cc(C)cc(C)c1)S(C)(=O)=O. The van der Waals surface area contributed by atoms with E-state index in [4.69, 9.17) is 0 Å². The summed E-state index contributed by atoms with van der Waals surface area (Å²) in [6.45, 7) is 10.3. The minimum Gasteiger partial charge on any atom is -0.352 e. The van der Waals surface area contributed by atoms with Crippen LogP contribution in [-0.2, 0) is 26.0 Å². The van der Waals surface area contributed by atoms with E-state index in [0.29, 0.717) is 31.5 Å². The smallest absolute Gasteiger partial charge is 0.243 e. The zero-order valence-electron chi connectivity index (χ0n) is 23.2. The number of aryl methyl sites for hydroxylation is 2. The van der Waals surface area contributed by atoms with Crippen LogP contribution >= 0.6 is 0 Å². The molecule has 0 bridgehead atoms. The van der Waals surface area contributed by atoms with Crippen LogP contribution < -0.4 is 9.62 Å². The Kier molecular flexibility index (Phi) is 11.6. The Morgan fingerprint density at radius 3 is 2.11 bits per heavy atom. The summed E-state index contributed by atoms with van der Waals surface area (Å²) >= 11 is 0. The molecule has 2 unspecified atom stereocenters. The van der Waals surface area contributed by atoms with Gasteiger partial charge in [-0.15, -0.1) is 0 Å². The van der Waals surface area contributed by atoms with Gasteiger partial charge in [0.15, 0.2) is 0 Å². The summed E-state index contributed by atoms with van der Waals surface area (Å²) in [5.41, 5.74) is 3.65. The number of carbonyl (C=O) groups is 2. The topological polar surface area (TPSA) is 86.8 Å². The molecule has 7 nitrogen and oxygen atoms in total. The molecular formula is C29H43N3O4S. The van der Waals surface area contributed by atoms with E-state index in [1.807, 2.05) is 83.1 Å². The second-order valence-corrected chi connectivity index (χ2v) is 11.8. The standard InChI is InChI=1S/C29H43N3O4S/c1-7-24(5)30-29(34)27(8-2)31(18-16-25-13-10-9-11-14-25)28(33)15-12-17-32(37(6,35)36)26-20-22(3)19-23(4)21-26/h9-11,13-14,19-21,24,27H,7-8,12,15-18H2,1-6H3,(H,30,34). The van der Waals surface area contributed by atoms with Gasteiger partial charge in [0.1, 0.15) is 6.04 Å². The lowest BCUT2D eigenvalue weighted by Crippen LogP contribution is -2.51. The largest absolute Gasteiger partial charge is 0.352 e. The van der Waals surface area contributed by atoms with Gasteiger partial charge in [-0.05, 0) is 75.3 Å². The highest BCUT2D eigenvalue weighted by atomic mass is 32.2. The van der Waals surface area contributed by atoms with Crippen molar-refractivity contribution in [3.05, 3.63) is 65.2 Å². The molecule has 0 fully saturated rings. The normalized spacial score (nSPS) is 13.0. The summed E-state index contributed by atoms with van der Waals surface area (Å²) in [7, 11) is -3.52. The van der Waals surface area contributed by atoms with Gasteiger partial charge < -0.3 is 10.2 Å². The summed E-state index contributed by atoms with van der Waals surface area (Å²) in [4.78, 5) is 28.2. The zero-order valence-corrected chi connectivity index (χ0v) is 24.0. The van der Waals surface area contributed by atoms with Crippen molar-refractivity contribution in [3.63, 3.8) is 0 Å². The third-order valence-electron chi connectivity index (χ3n) is 6.52. The van der Waals surface area contributed by atoms with E-state index in [9.17, 15) is 18.0 Å². The van der Waals surface area contributed by atoms with Gasteiger partial charge in [-0.2, -0.15) is 0 Å². The fraction of sp³-hybridized carbons (Fsp3) is 0.517. The molecule has 0 aliphatic heterocycles. The number of hydrogen-bond acceptors (Lipinski definition) is 4. The van der Waals surface area contributed by atoms with Crippen LogP contribution in [0, 0.1) is 13.8 Å². The van der Waals surface area contributed by atoms with Gasteiger partial charge in [0.05, 0.1) is 11.9 Å². The highest BCUT2D eigenvalue weighted by Gasteiger charge is 2.29. The molecule has 0 aromatic heterocycles. The maximum Gasteiger partial charge on any atom is 0.243 e. The van der Waals surface area contributed by atoms with Gasteiger partial charge >= 0.3 is 0 Å². The molecule has 0 saturated heterocycles. The molecule has 2 rings (SSSR count). The van der Waals surface area contributed by atoms with Crippen LogP contribution in [-0.4, -0.2) is 56.6 Å². The number of nitrogens with zero attached hydrogens (tertiary/aromatic N) is 2. The van der Waals surface area contributed by atoms with Crippen LogP contribution in [0.15, 0.2) is 48.5 Å². The molecule has 8 heteroatoms. The third-order valence-corrected chi connectivity index (χ3v) is 7.71. The average Bonchev–Trinajstić information content (AvgIpc) is 2.83. The van der Waals surface area contributed by atoms with E-state index < -0.39 is 16.1 Å². The van der Waals surface area contributed by atoms with Crippen LogP contribution in [0.4, 0.5) is 5.69 Å². The van der Waals surface area contributed by atoms with Crippen molar-refractivity contribution in [3.8, 4) is 0 Å². The van der Waals surface area contributed by atoms with Crippen LogP contribution in [0.5, 0.6) is 0 Å². The van der Waals surface area contributed by atoms with Gasteiger partial charge in [0, 0.05) is 25.6 Å². The van der Waals surface area contributed by atoms with E-state index in [2.05, 4.69) is 5.32 Å². The first-order valence-electron chi connectivity index (χ1n) is 13.2. The van der Waals surface area contributed by atoms with Crippen molar-refractivity contribution >= 4 is 27.5 Å². The monoisotopic (exact) mass is 529 g/mol. The highest BCUT2D eigenvalue weighted by Crippen LogP contribution is 2.22. The van der Waals surface area contributed by atoms with Gasteiger partial charge in [0.2, 0.25) is 21.8 Å². The molecule has 2 aromatic rings. The Labute approximate surface area is 223 Å². The quantitative estimate of drug-likeness (QED) is 0.387. The number of rotatable bonds is 14. The lowest BCUT2D eigenvalue weighted by atomic mass is 10.1. The lowest BCUT2D eigenvalue weighted by Gasteiger charge is -2.32. The Hall–Kier alpha value is -2.87. The number of benzene rings is 2. The highest BCUT2D eigenvalue weighted by molar-refractivity contribution is 7.92. The first-order chi connectivity index (χ1) is 17.5. The first-order valence-corrected chi connectivity index (χ1v) is 15.0. The maximum absolute atomic E-state index is 13.5. The average molecular weight is 530 g/mol. The molecule has 37 heavy (non-hydrogen) atoms. The molecule has 204 valence electrons. The zero-order chi connectivity index (χ0) is 27.6. The summed E-state index contributed by atoms with van der Waals surface area (Å²) in [5, 5.41) is 3.02. The molecule has 0 aliphatic rings. The van der Waals surface area contributed by atoms with Crippen LogP contribution in [0.2, 0.25) is 0 Å². The molecule has 0 aliphatic carbocycles. The second-order valence-electron chi connectivity index (χ2n) is 9.85. The molecule has 2 amide bonds. The van der Waals surface area contributed by atoms with Crippen molar-refractivity contribution in [1.82, 2.24) is 10.2 Å². The molecule has 0 heterocycles. The van der Waals surface area contributed by atoms with Crippen LogP contribution in [0.3, 0.4) is 0 Å². The molecule has 2 atom stereocenters. The number of anilines is 1. The molecule has 0 spiro atoms. The van der Waals surface area contributed by atoms with Gasteiger partial charge in [-0.25, -0.2) is 8.42 Å². The Morgan fingerprint density at radius 2 is 1.57 bits per heavy atom. The number of sulfonamides is 1. The van der Waals surface area contributed by atoms with E-state index in [-0.39, 0.29) is 30.8 Å². The number of nitrogens with one attached hydrogen (secondary N) is 1. The molecule has 2 aromatic carbocycles. The molecule has 0 radical (unpaired) electrons. The van der Waals surface area contributed by atoms with E-state index >= 15 is 0 Å². The number of hydrogen-bond donors (Lipinski definition) is 1. The predicted molar refractivity (Wildman–Crippen MR) is 151 cm³/mol. The number of carbonyl (C=O) groups excluding carboxylic acids is 2. The predicted octanol–water partition coefficient (Wildman–Crippen LogP) is 4.61. The van der Waals surface area contributed by atoms with Crippen LogP contribution in [0.25, 0.3) is 0 Å². The third kappa shape index (κ3) is 9.50. The minimum absolute atomic E-state index is 0.0220. The van der Waals surface area contributed by atoms with Gasteiger partial charge in [-0.3, -0.25) is 13.9 Å². The van der Waals surface area contributed by atoms with Crippen molar-refractivity contribution in [2.45, 2.75) is 78.8 Å². The Morgan fingerprint density at radius 1 is 0.946 bits per heavy atom. The first kappa shape index (κ1) is 30.4. The maximum atomic E-state index is 13.5. The molecular weight excluding hydrogens is 486 g/mol. The summed E-state index contributed by atoms with van der Waals surface area (Å²) < 4.78 is 26.5.